The molecular weight excluding hydrogens is 319 g/mol. The summed E-state index contributed by atoms with van der Waals surface area (Å²) in [6, 6.07) is 1.07. The molecule has 1 aromatic heterocycles. The van der Waals surface area contributed by atoms with E-state index in [1.54, 1.807) is 0 Å². The van der Waals surface area contributed by atoms with Crippen molar-refractivity contribution in [1.29, 1.82) is 0 Å². The third kappa shape index (κ3) is 3.37. The van der Waals surface area contributed by atoms with Crippen LogP contribution >= 0.6 is 8.25 Å². The quantitative estimate of drug-likeness (QED) is 0.390. The van der Waals surface area contributed by atoms with E-state index >= 15 is 0 Å². The van der Waals surface area contributed by atoms with Gasteiger partial charge in [0, 0.05) is 12.3 Å². The van der Waals surface area contributed by atoms with E-state index in [0.717, 1.165) is 16.8 Å². The van der Waals surface area contributed by atoms with Crippen LogP contribution in [0.5, 0.6) is 0 Å². The highest BCUT2D eigenvalue weighted by Crippen LogP contribution is 2.37. The van der Waals surface area contributed by atoms with Crippen molar-refractivity contribution in [3.8, 4) is 0 Å². The molecule has 1 aromatic rings. The molecule has 1 unspecified atom stereocenters. The van der Waals surface area contributed by atoms with Crippen molar-refractivity contribution < 1.29 is 28.9 Å². The lowest BCUT2D eigenvalue weighted by atomic mass is 9.97. The molecule has 1 aliphatic heterocycles. The Morgan fingerprint density at radius 2 is 2.23 bits per heavy atom. The Hall–Kier alpha value is -1.71. The van der Waals surface area contributed by atoms with Crippen LogP contribution in [0.25, 0.3) is 0 Å². The summed E-state index contributed by atoms with van der Waals surface area (Å²) in [7, 11) is -3.22. The number of nitrogens with zero attached hydrogens (tertiary/aromatic N) is 1. The molecule has 0 amide bonds. The van der Waals surface area contributed by atoms with Crippen LogP contribution in [-0.2, 0) is 13.8 Å². The van der Waals surface area contributed by atoms with Gasteiger partial charge in [0.15, 0.2) is 6.23 Å². The SMILES string of the molecule is C=C(O)[C@H]1[C@@H](O)[C@H](n2ccc(=O)[nH]c2=O)O[C@@H]1CO[PH](=O)O. The zero-order valence-corrected chi connectivity index (χ0v) is 12.2. The molecule has 5 atom stereocenters. The molecule has 0 aromatic carbocycles. The van der Waals surface area contributed by atoms with Gasteiger partial charge in [0.05, 0.1) is 24.4 Å². The first-order valence-corrected chi connectivity index (χ1v) is 7.46. The summed E-state index contributed by atoms with van der Waals surface area (Å²) in [5.41, 5.74) is -1.42. The van der Waals surface area contributed by atoms with Crippen LogP contribution in [-0.4, -0.2) is 43.5 Å². The third-order valence-corrected chi connectivity index (χ3v) is 3.67. The van der Waals surface area contributed by atoms with E-state index in [1.165, 1.54) is 0 Å². The average molecular weight is 334 g/mol. The van der Waals surface area contributed by atoms with Crippen LogP contribution in [0.4, 0.5) is 0 Å². The van der Waals surface area contributed by atoms with Gasteiger partial charge in [-0.3, -0.25) is 18.9 Å². The van der Waals surface area contributed by atoms with E-state index < -0.39 is 49.6 Å². The number of rotatable bonds is 5. The van der Waals surface area contributed by atoms with Crippen molar-refractivity contribution in [3.63, 3.8) is 0 Å². The average Bonchev–Trinajstić information content (AvgIpc) is 2.73. The van der Waals surface area contributed by atoms with Crippen LogP contribution < -0.4 is 11.2 Å². The van der Waals surface area contributed by atoms with Crippen molar-refractivity contribution in [2.45, 2.75) is 18.4 Å². The van der Waals surface area contributed by atoms with Gasteiger partial charge in [0.2, 0.25) is 0 Å². The van der Waals surface area contributed by atoms with Gasteiger partial charge < -0.3 is 24.4 Å². The van der Waals surface area contributed by atoms with Crippen LogP contribution in [0.15, 0.2) is 34.2 Å². The fraction of sp³-hybridized carbons (Fsp3) is 0.455. The predicted octanol–water partition coefficient (Wildman–Crippen LogP) is -1.12. The fourth-order valence-electron chi connectivity index (χ4n) is 2.31. The molecule has 0 spiro atoms. The molecule has 1 fully saturated rings. The van der Waals surface area contributed by atoms with E-state index in [2.05, 4.69) is 11.1 Å². The fourth-order valence-corrected chi connectivity index (χ4v) is 2.61. The topological polar surface area (TPSA) is 151 Å². The Balaban J connectivity index is 2.30. The summed E-state index contributed by atoms with van der Waals surface area (Å²) in [5.74, 6) is -1.44. The molecular formula is C11H15N2O8P. The molecule has 0 bridgehead atoms. The summed E-state index contributed by atoms with van der Waals surface area (Å²) in [6.07, 6.45) is -2.44. The lowest BCUT2D eigenvalue weighted by Gasteiger charge is -2.18. The van der Waals surface area contributed by atoms with Gasteiger partial charge in [-0.2, -0.15) is 0 Å². The molecule has 10 nitrogen and oxygen atoms in total. The van der Waals surface area contributed by atoms with E-state index in [4.69, 9.17) is 9.63 Å². The Morgan fingerprint density at radius 3 is 2.77 bits per heavy atom. The van der Waals surface area contributed by atoms with E-state index in [-0.39, 0.29) is 6.61 Å². The first-order chi connectivity index (χ1) is 10.3. The summed E-state index contributed by atoms with van der Waals surface area (Å²) < 4.78 is 21.5. The number of hydrogen-bond donors (Lipinski definition) is 4. The van der Waals surface area contributed by atoms with Crippen molar-refractivity contribution in [2.75, 3.05) is 6.61 Å². The number of nitrogens with one attached hydrogen (secondary N) is 1. The minimum Gasteiger partial charge on any atom is -0.512 e. The molecule has 11 heteroatoms. The van der Waals surface area contributed by atoms with Crippen LogP contribution in [0.3, 0.4) is 0 Å². The monoisotopic (exact) mass is 334 g/mol. The van der Waals surface area contributed by atoms with E-state index in [0.29, 0.717) is 0 Å². The maximum Gasteiger partial charge on any atom is 0.330 e. The highest BCUT2D eigenvalue weighted by Gasteiger charge is 2.46. The van der Waals surface area contributed by atoms with Crippen molar-refractivity contribution in [3.05, 3.63) is 45.4 Å². The Labute approximate surface area is 124 Å². The second-order valence-electron chi connectivity index (χ2n) is 4.67. The Morgan fingerprint density at radius 1 is 1.55 bits per heavy atom. The lowest BCUT2D eigenvalue weighted by molar-refractivity contribution is -0.0507. The summed E-state index contributed by atoms with van der Waals surface area (Å²) >= 11 is 0. The number of H-pyrrole nitrogens is 1. The molecule has 1 aliphatic rings. The molecule has 1 saturated heterocycles. The van der Waals surface area contributed by atoms with Crippen LogP contribution in [0, 0.1) is 5.92 Å². The molecule has 0 aliphatic carbocycles. The molecule has 4 N–H and O–H groups in total. The van der Waals surface area contributed by atoms with Gasteiger partial charge in [0.1, 0.15) is 6.10 Å². The van der Waals surface area contributed by atoms with Gasteiger partial charge in [-0.25, -0.2) is 4.79 Å². The van der Waals surface area contributed by atoms with Crippen LogP contribution in [0.1, 0.15) is 6.23 Å². The van der Waals surface area contributed by atoms with Crippen molar-refractivity contribution in [1.82, 2.24) is 9.55 Å². The van der Waals surface area contributed by atoms with Gasteiger partial charge in [0.25, 0.3) is 5.56 Å². The maximum atomic E-state index is 11.7. The van der Waals surface area contributed by atoms with Gasteiger partial charge >= 0.3 is 13.9 Å². The van der Waals surface area contributed by atoms with Crippen LogP contribution in [0.2, 0.25) is 0 Å². The first-order valence-electron chi connectivity index (χ1n) is 6.19. The highest BCUT2D eigenvalue weighted by atomic mass is 31.1. The normalized spacial score (nSPS) is 29.4. The number of aromatic nitrogens is 2. The standard InChI is InChI=1S/C11H15N2O8P/c1-5(14)8-6(4-20-22(18)19)21-10(9(8)16)13-3-2-7(15)12-11(13)17/h2-3,6,8-10,14,16,22H,1,4H2,(H,18,19)(H,12,15,17)/t6-,8-,9-,10-/m1/s1. The zero-order valence-electron chi connectivity index (χ0n) is 11.2. The van der Waals surface area contributed by atoms with E-state index in [9.17, 15) is 24.4 Å². The largest absolute Gasteiger partial charge is 0.512 e. The molecule has 2 heterocycles. The number of ether oxygens (including phenoxy) is 1. The van der Waals surface area contributed by atoms with Crippen molar-refractivity contribution >= 4 is 8.25 Å². The van der Waals surface area contributed by atoms with Gasteiger partial charge in [-0.05, 0) is 0 Å². The number of hydrogen-bond acceptors (Lipinski definition) is 7. The van der Waals surface area contributed by atoms with Gasteiger partial charge in [-0.15, -0.1) is 0 Å². The van der Waals surface area contributed by atoms with Crippen molar-refractivity contribution in [2.24, 2.45) is 5.92 Å². The first kappa shape index (κ1) is 16.7. The molecule has 0 radical (unpaired) electrons. The molecule has 0 saturated carbocycles. The van der Waals surface area contributed by atoms with Gasteiger partial charge in [-0.1, -0.05) is 6.58 Å². The minimum absolute atomic E-state index is 0.385. The zero-order chi connectivity index (χ0) is 16.4. The lowest BCUT2D eigenvalue weighted by Crippen LogP contribution is -2.36. The van der Waals surface area contributed by atoms with E-state index in [1.807, 2.05) is 4.98 Å². The Kier molecular flexibility index (Phi) is 4.99. The molecule has 2 rings (SSSR count). The number of aliphatic hydroxyl groups excluding tert-OH is 2. The summed E-state index contributed by atoms with van der Waals surface area (Å²) in [6.45, 7) is 2.93. The number of aromatic amines is 1. The smallest absolute Gasteiger partial charge is 0.330 e. The molecule has 22 heavy (non-hydrogen) atoms. The minimum atomic E-state index is -3.22. The highest BCUT2D eigenvalue weighted by molar-refractivity contribution is 7.32. The third-order valence-electron chi connectivity index (χ3n) is 3.26. The second-order valence-corrected chi connectivity index (χ2v) is 5.49. The molecule has 122 valence electrons. The second kappa shape index (κ2) is 6.59. The Bertz CT molecular complexity index is 698. The summed E-state index contributed by atoms with van der Waals surface area (Å²) in [5, 5.41) is 19.8. The maximum absolute atomic E-state index is 11.7. The predicted molar refractivity (Wildman–Crippen MR) is 73.7 cm³/mol. The number of aliphatic hydroxyl groups is 2. The summed E-state index contributed by atoms with van der Waals surface area (Å²) in [4.78, 5) is 33.5.